The van der Waals surface area contributed by atoms with Gasteiger partial charge in [-0.05, 0) is 36.6 Å². The first-order valence-electron chi connectivity index (χ1n) is 9.09. The smallest absolute Gasteiger partial charge is 0.335 e. The number of carbonyl (C=O) groups excluding carboxylic acids is 1. The fourth-order valence-corrected chi connectivity index (χ4v) is 5.61. The Morgan fingerprint density at radius 3 is 2.71 bits per heavy atom. The highest BCUT2D eigenvalue weighted by Crippen LogP contribution is 2.38. The molecule has 1 spiro atoms. The Hall–Kier alpha value is -1.48. The maximum atomic E-state index is 13.3. The molecule has 6 nitrogen and oxygen atoms in total. The zero-order valence-electron chi connectivity index (χ0n) is 15.5. The normalized spacial score (nSPS) is 21.5. The highest BCUT2D eigenvalue weighted by atomic mass is 35.5. The van der Waals surface area contributed by atoms with Crippen LogP contribution in [0.4, 0.5) is 4.39 Å². The Labute approximate surface area is 168 Å². The second kappa shape index (κ2) is 8.49. The van der Waals surface area contributed by atoms with Crippen molar-refractivity contribution in [2.45, 2.75) is 43.0 Å². The average molecular weight is 433 g/mol. The quantitative estimate of drug-likeness (QED) is 0.642. The van der Waals surface area contributed by atoms with Crippen LogP contribution in [0.2, 0.25) is 5.02 Å². The molecule has 9 heteroatoms. The predicted molar refractivity (Wildman–Crippen MR) is 101 cm³/mol. The molecule has 1 aliphatic carbocycles. The Balaban J connectivity index is 1.91. The van der Waals surface area contributed by atoms with E-state index in [1.807, 2.05) is 6.92 Å². The molecule has 1 heterocycles. The van der Waals surface area contributed by atoms with Crippen LogP contribution >= 0.6 is 11.6 Å². The first-order valence-corrected chi connectivity index (χ1v) is 11.2. The van der Waals surface area contributed by atoms with Gasteiger partial charge in [0.25, 0.3) is 0 Å². The van der Waals surface area contributed by atoms with Gasteiger partial charge in [0.1, 0.15) is 5.82 Å². The number of hydrogen-bond donors (Lipinski definition) is 0. The Bertz CT molecular complexity index is 876. The molecule has 1 aromatic carbocycles. The number of ether oxygens (including phenoxy) is 3. The summed E-state index contributed by atoms with van der Waals surface area (Å²) in [5.41, 5.74) is 0.290. The van der Waals surface area contributed by atoms with E-state index in [0.29, 0.717) is 26.1 Å². The lowest BCUT2D eigenvalue weighted by Crippen LogP contribution is -2.41. The third kappa shape index (κ3) is 4.56. The lowest BCUT2D eigenvalue weighted by atomic mass is 9.94. The molecule has 0 saturated carbocycles. The van der Waals surface area contributed by atoms with Crippen LogP contribution in [0, 0.1) is 5.82 Å². The summed E-state index contributed by atoms with van der Waals surface area (Å²) in [5, 5.41) is -1.05. The van der Waals surface area contributed by atoms with Crippen molar-refractivity contribution in [2.75, 3.05) is 19.8 Å². The Morgan fingerprint density at radius 2 is 2.07 bits per heavy atom. The summed E-state index contributed by atoms with van der Waals surface area (Å²) in [5.74, 6) is -2.74. The van der Waals surface area contributed by atoms with Crippen LogP contribution < -0.4 is 0 Å². The predicted octanol–water partition coefficient (Wildman–Crippen LogP) is 3.18. The van der Waals surface area contributed by atoms with Crippen molar-refractivity contribution in [1.29, 1.82) is 0 Å². The van der Waals surface area contributed by atoms with Gasteiger partial charge in [-0.2, -0.15) is 0 Å². The number of hydrogen-bond acceptors (Lipinski definition) is 6. The molecule has 1 unspecified atom stereocenters. The number of benzene rings is 1. The molecule has 1 atom stereocenters. The minimum atomic E-state index is -3.82. The summed E-state index contributed by atoms with van der Waals surface area (Å²) in [6.07, 6.45) is 2.50. The first kappa shape index (κ1) is 21.2. The third-order valence-corrected chi connectivity index (χ3v) is 7.15. The zero-order valence-corrected chi connectivity index (χ0v) is 17.0. The first-order chi connectivity index (χ1) is 13.3. The van der Waals surface area contributed by atoms with Crippen LogP contribution in [-0.2, 0) is 34.6 Å². The highest BCUT2D eigenvalue weighted by molar-refractivity contribution is 7.91. The molecule has 0 radical (unpaired) electrons. The average Bonchev–Trinajstić information content (AvgIpc) is 3.09. The molecule has 0 bridgehead atoms. The number of esters is 1. The standard InChI is InChI=1S/C19H22ClFO6S/c1-2-7-25-18(22)15-11-19(26-8-9-27-19)6-5-17(15)28(23,24)12-13-3-4-14(21)10-16(13)20/h3-4,10-11,17H,2,5-9,12H2,1H3. The van der Waals surface area contributed by atoms with Crippen LogP contribution in [0.1, 0.15) is 31.7 Å². The molecule has 2 aliphatic rings. The van der Waals surface area contributed by atoms with Gasteiger partial charge in [0.05, 0.1) is 36.4 Å². The molecule has 3 rings (SSSR count). The minimum Gasteiger partial charge on any atom is -0.462 e. The molecular formula is C19H22ClFO6S. The molecule has 1 aliphatic heterocycles. The van der Waals surface area contributed by atoms with Crippen LogP contribution in [0.5, 0.6) is 0 Å². The number of sulfone groups is 1. The summed E-state index contributed by atoms with van der Waals surface area (Å²) in [7, 11) is -3.82. The van der Waals surface area contributed by atoms with Gasteiger partial charge in [-0.25, -0.2) is 17.6 Å². The van der Waals surface area contributed by atoms with E-state index in [-0.39, 0.29) is 29.2 Å². The molecule has 1 aromatic rings. The highest BCUT2D eigenvalue weighted by Gasteiger charge is 2.46. The summed E-state index contributed by atoms with van der Waals surface area (Å²) in [6.45, 7) is 2.77. The fourth-order valence-electron chi connectivity index (χ4n) is 3.39. The SMILES string of the molecule is CCCOC(=O)C1=CC2(CCC1S(=O)(=O)Cc1ccc(F)cc1Cl)OCCO2. The molecule has 0 N–H and O–H groups in total. The van der Waals surface area contributed by atoms with E-state index in [1.165, 1.54) is 12.1 Å². The van der Waals surface area contributed by atoms with Crippen molar-refractivity contribution in [1.82, 2.24) is 0 Å². The van der Waals surface area contributed by atoms with Crippen LogP contribution in [0.25, 0.3) is 0 Å². The maximum absolute atomic E-state index is 13.3. The van der Waals surface area contributed by atoms with Gasteiger partial charge >= 0.3 is 5.97 Å². The molecule has 0 amide bonds. The molecule has 0 aromatic heterocycles. The number of carbonyl (C=O) groups is 1. The second-order valence-electron chi connectivity index (χ2n) is 6.81. The van der Waals surface area contributed by atoms with E-state index >= 15 is 0 Å². The van der Waals surface area contributed by atoms with Gasteiger partial charge < -0.3 is 14.2 Å². The summed E-state index contributed by atoms with van der Waals surface area (Å²) >= 11 is 5.99. The summed E-state index contributed by atoms with van der Waals surface area (Å²) in [6, 6.07) is 3.55. The molecular weight excluding hydrogens is 411 g/mol. The van der Waals surface area contributed by atoms with Crippen molar-refractivity contribution < 1.29 is 31.8 Å². The Kier molecular flexibility index (Phi) is 6.44. The maximum Gasteiger partial charge on any atom is 0.335 e. The fraction of sp³-hybridized carbons (Fsp3) is 0.526. The summed E-state index contributed by atoms with van der Waals surface area (Å²) < 4.78 is 55.9. The second-order valence-corrected chi connectivity index (χ2v) is 9.41. The zero-order chi connectivity index (χ0) is 20.4. The van der Waals surface area contributed by atoms with E-state index in [2.05, 4.69) is 0 Å². The van der Waals surface area contributed by atoms with Crippen LogP contribution in [-0.4, -0.2) is 45.2 Å². The van der Waals surface area contributed by atoms with Crippen molar-refractivity contribution in [3.63, 3.8) is 0 Å². The minimum absolute atomic E-state index is 0.0137. The van der Waals surface area contributed by atoms with E-state index in [4.69, 9.17) is 25.8 Å². The monoisotopic (exact) mass is 432 g/mol. The van der Waals surface area contributed by atoms with Gasteiger partial charge in [0.15, 0.2) is 15.6 Å². The topological polar surface area (TPSA) is 78.9 Å². The molecule has 1 fully saturated rings. The van der Waals surface area contributed by atoms with E-state index < -0.39 is 38.4 Å². The van der Waals surface area contributed by atoms with Crippen molar-refractivity contribution in [3.05, 3.63) is 46.3 Å². The lowest BCUT2D eigenvalue weighted by molar-refractivity contribution is -0.143. The largest absolute Gasteiger partial charge is 0.462 e. The molecule has 1 saturated heterocycles. The number of rotatable bonds is 6. The van der Waals surface area contributed by atoms with Gasteiger partial charge in [-0.15, -0.1) is 0 Å². The Morgan fingerprint density at radius 1 is 1.36 bits per heavy atom. The summed E-state index contributed by atoms with van der Waals surface area (Å²) in [4.78, 5) is 12.6. The third-order valence-electron chi connectivity index (χ3n) is 4.73. The van der Waals surface area contributed by atoms with Crippen LogP contribution in [0.3, 0.4) is 0 Å². The van der Waals surface area contributed by atoms with Gasteiger partial charge in [-0.3, -0.25) is 0 Å². The van der Waals surface area contributed by atoms with Gasteiger partial charge in [0, 0.05) is 11.4 Å². The van der Waals surface area contributed by atoms with E-state index in [9.17, 15) is 17.6 Å². The van der Waals surface area contributed by atoms with Crippen LogP contribution in [0.15, 0.2) is 29.8 Å². The van der Waals surface area contributed by atoms with Gasteiger partial charge in [-0.1, -0.05) is 24.6 Å². The molecule has 28 heavy (non-hydrogen) atoms. The van der Waals surface area contributed by atoms with Crippen molar-refractivity contribution in [3.8, 4) is 0 Å². The van der Waals surface area contributed by atoms with Crippen molar-refractivity contribution >= 4 is 27.4 Å². The van der Waals surface area contributed by atoms with E-state index in [0.717, 1.165) is 12.1 Å². The van der Waals surface area contributed by atoms with E-state index in [1.54, 1.807) is 0 Å². The van der Waals surface area contributed by atoms with Gasteiger partial charge in [0.2, 0.25) is 0 Å². The van der Waals surface area contributed by atoms with Crippen molar-refractivity contribution in [2.24, 2.45) is 0 Å². The lowest BCUT2D eigenvalue weighted by Gasteiger charge is -2.33. The number of halogens is 2. The molecule has 154 valence electrons.